The van der Waals surface area contributed by atoms with E-state index in [-0.39, 0.29) is 5.91 Å². The molecule has 1 heterocycles. The van der Waals surface area contributed by atoms with Gasteiger partial charge in [-0.2, -0.15) is 0 Å². The SMILES string of the molecule is Cc1nc(C(C)C)sc1C(=O)NCC(C)c1ccccc1. The predicted molar refractivity (Wildman–Crippen MR) is 88.1 cm³/mol. The molecule has 3 nitrogen and oxygen atoms in total. The van der Waals surface area contributed by atoms with Crippen LogP contribution in [-0.4, -0.2) is 17.4 Å². The molecule has 1 aromatic heterocycles. The Balaban J connectivity index is 1.99. The number of hydrogen-bond donors (Lipinski definition) is 1. The summed E-state index contributed by atoms with van der Waals surface area (Å²) in [6.45, 7) is 8.85. The number of thiazole rings is 1. The summed E-state index contributed by atoms with van der Waals surface area (Å²) in [7, 11) is 0. The molecule has 2 aromatic rings. The van der Waals surface area contributed by atoms with Crippen LogP contribution in [0.15, 0.2) is 30.3 Å². The fraction of sp³-hybridized carbons (Fsp3) is 0.412. The summed E-state index contributed by atoms with van der Waals surface area (Å²) in [6.07, 6.45) is 0. The highest BCUT2D eigenvalue weighted by Gasteiger charge is 2.17. The number of amides is 1. The maximum atomic E-state index is 12.3. The van der Waals surface area contributed by atoms with E-state index in [2.05, 4.69) is 43.2 Å². The molecule has 0 aliphatic rings. The van der Waals surface area contributed by atoms with Gasteiger partial charge in [0.05, 0.1) is 10.7 Å². The van der Waals surface area contributed by atoms with Crippen molar-refractivity contribution in [3.63, 3.8) is 0 Å². The lowest BCUT2D eigenvalue weighted by Gasteiger charge is -2.12. The van der Waals surface area contributed by atoms with E-state index >= 15 is 0 Å². The third kappa shape index (κ3) is 3.91. The quantitative estimate of drug-likeness (QED) is 0.903. The molecule has 0 aliphatic heterocycles. The van der Waals surface area contributed by atoms with Crippen LogP contribution in [0.25, 0.3) is 0 Å². The Labute approximate surface area is 130 Å². The van der Waals surface area contributed by atoms with Crippen molar-refractivity contribution in [2.75, 3.05) is 6.54 Å². The predicted octanol–water partition coefficient (Wildman–Crippen LogP) is 4.11. The Bertz CT molecular complexity index is 605. The van der Waals surface area contributed by atoms with Gasteiger partial charge >= 0.3 is 0 Å². The van der Waals surface area contributed by atoms with Gasteiger partial charge in [0.1, 0.15) is 4.88 Å². The van der Waals surface area contributed by atoms with E-state index in [1.165, 1.54) is 16.9 Å². The Morgan fingerprint density at radius 3 is 2.48 bits per heavy atom. The van der Waals surface area contributed by atoms with Gasteiger partial charge in [-0.15, -0.1) is 11.3 Å². The summed E-state index contributed by atoms with van der Waals surface area (Å²) in [4.78, 5) is 17.5. The van der Waals surface area contributed by atoms with Crippen LogP contribution in [0.3, 0.4) is 0 Å². The summed E-state index contributed by atoms with van der Waals surface area (Å²) >= 11 is 1.50. The molecule has 2 rings (SSSR count). The number of benzene rings is 1. The fourth-order valence-corrected chi connectivity index (χ4v) is 3.09. The Morgan fingerprint density at radius 2 is 1.90 bits per heavy atom. The van der Waals surface area contributed by atoms with E-state index < -0.39 is 0 Å². The van der Waals surface area contributed by atoms with Crippen molar-refractivity contribution < 1.29 is 4.79 Å². The van der Waals surface area contributed by atoms with Gasteiger partial charge < -0.3 is 5.32 Å². The molecular formula is C17H22N2OS. The van der Waals surface area contributed by atoms with E-state index in [0.717, 1.165) is 15.6 Å². The summed E-state index contributed by atoms with van der Waals surface area (Å²) < 4.78 is 0. The van der Waals surface area contributed by atoms with E-state index in [9.17, 15) is 4.79 Å². The monoisotopic (exact) mass is 302 g/mol. The van der Waals surface area contributed by atoms with Gasteiger partial charge in [0.2, 0.25) is 0 Å². The number of nitrogens with one attached hydrogen (secondary N) is 1. The van der Waals surface area contributed by atoms with Crippen LogP contribution in [0.5, 0.6) is 0 Å². The molecule has 21 heavy (non-hydrogen) atoms. The van der Waals surface area contributed by atoms with Crippen molar-refractivity contribution in [3.8, 4) is 0 Å². The summed E-state index contributed by atoms with van der Waals surface area (Å²) in [5, 5.41) is 4.04. The minimum absolute atomic E-state index is 0.0142. The summed E-state index contributed by atoms with van der Waals surface area (Å²) in [5.41, 5.74) is 2.07. The zero-order valence-electron chi connectivity index (χ0n) is 13.0. The maximum Gasteiger partial charge on any atom is 0.263 e. The highest BCUT2D eigenvalue weighted by Crippen LogP contribution is 2.24. The van der Waals surface area contributed by atoms with Gasteiger partial charge in [-0.1, -0.05) is 51.1 Å². The van der Waals surface area contributed by atoms with Crippen molar-refractivity contribution >= 4 is 17.2 Å². The molecule has 0 fully saturated rings. The second-order valence-corrected chi connectivity index (χ2v) is 6.67. The highest BCUT2D eigenvalue weighted by atomic mass is 32.1. The Hall–Kier alpha value is -1.68. The average molecular weight is 302 g/mol. The Morgan fingerprint density at radius 1 is 1.24 bits per heavy atom. The van der Waals surface area contributed by atoms with Gasteiger partial charge in [-0.05, 0) is 18.4 Å². The molecule has 0 aliphatic carbocycles. The molecule has 1 unspecified atom stereocenters. The van der Waals surface area contributed by atoms with Crippen molar-refractivity contribution in [3.05, 3.63) is 51.5 Å². The first-order valence-corrected chi connectivity index (χ1v) is 8.11. The largest absolute Gasteiger partial charge is 0.351 e. The zero-order valence-corrected chi connectivity index (χ0v) is 13.8. The van der Waals surface area contributed by atoms with Crippen LogP contribution in [0, 0.1) is 6.92 Å². The number of nitrogens with zero attached hydrogens (tertiary/aromatic N) is 1. The van der Waals surface area contributed by atoms with Crippen molar-refractivity contribution in [1.82, 2.24) is 10.3 Å². The van der Waals surface area contributed by atoms with Crippen LogP contribution in [0.4, 0.5) is 0 Å². The van der Waals surface area contributed by atoms with Crippen LogP contribution in [-0.2, 0) is 0 Å². The van der Waals surface area contributed by atoms with Gasteiger partial charge in [0, 0.05) is 12.5 Å². The number of aromatic nitrogens is 1. The minimum Gasteiger partial charge on any atom is -0.351 e. The second-order valence-electron chi connectivity index (χ2n) is 5.64. The molecule has 112 valence electrons. The maximum absolute atomic E-state index is 12.3. The molecule has 0 bridgehead atoms. The van der Waals surface area contributed by atoms with Crippen LogP contribution < -0.4 is 5.32 Å². The summed E-state index contributed by atoms with van der Waals surface area (Å²) in [6, 6.07) is 10.2. The Kier molecular flexibility index (Phi) is 5.12. The molecule has 1 N–H and O–H groups in total. The summed E-state index contributed by atoms with van der Waals surface area (Å²) in [5.74, 6) is 0.645. The standard InChI is InChI=1S/C17H22N2OS/c1-11(2)17-19-13(4)15(21-17)16(20)18-10-12(3)14-8-6-5-7-9-14/h5-9,11-12H,10H2,1-4H3,(H,18,20). The highest BCUT2D eigenvalue weighted by molar-refractivity contribution is 7.13. The first-order chi connectivity index (χ1) is 9.99. The molecule has 0 saturated heterocycles. The molecule has 0 saturated carbocycles. The first-order valence-electron chi connectivity index (χ1n) is 7.29. The van der Waals surface area contributed by atoms with E-state index in [1.54, 1.807) is 0 Å². The molecular weight excluding hydrogens is 280 g/mol. The lowest BCUT2D eigenvalue weighted by molar-refractivity contribution is 0.0955. The van der Waals surface area contributed by atoms with Gasteiger partial charge in [-0.3, -0.25) is 4.79 Å². The van der Waals surface area contributed by atoms with Crippen LogP contribution in [0.2, 0.25) is 0 Å². The third-order valence-electron chi connectivity index (χ3n) is 3.45. The van der Waals surface area contributed by atoms with Crippen LogP contribution >= 0.6 is 11.3 Å². The average Bonchev–Trinajstić information content (AvgIpc) is 2.87. The lowest BCUT2D eigenvalue weighted by atomic mass is 10.0. The number of carbonyl (C=O) groups excluding carboxylic acids is 1. The van der Waals surface area contributed by atoms with E-state index in [4.69, 9.17) is 0 Å². The minimum atomic E-state index is -0.0142. The lowest BCUT2D eigenvalue weighted by Crippen LogP contribution is -2.27. The topological polar surface area (TPSA) is 42.0 Å². The van der Waals surface area contributed by atoms with Crippen molar-refractivity contribution in [2.45, 2.75) is 39.5 Å². The molecule has 1 amide bonds. The van der Waals surface area contributed by atoms with Crippen LogP contribution in [0.1, 0.15) is 58.5 Å². The van der Waals surface area contributed by atoms with E-state index in [1.807, 2.05) is 25.1 Å². The van der Waals surface area contributed by atoms with Crippen molar-refractivity contribution in [1.29, 1.82) is 0 Å². The van der Waals surface area contributed by atoms with Crippen molar-refractivity contribution in [2.24, 2.45) is 0 Å². The normalized spacial score (nSPS) is 12.4. The first kappa shape index (κ1) is 15.7. The molecule has 0 spiro atoms. The second kappa shape index (κ2) is 6.85. The smallest absolute Gasteiger partial charge is 0.263 e. The molecule has 1 aromatic carbocycles. The number of hydrogen-bond acceptors (Lipinski definition) is 3. The molecule has 4 heteroatoms. The number of carbonyl (C=O) groups is 1. The molecule has 1 atom stereocenters. The fourth-order valence-electron chi connectivity index (χ4n) is 2.10. The van der Waals surface area contributed by atoms with E-state index in [0.29, 0.717) is 18.4 Å². The zero-order chi connectivity index (χ0) is 15.4. The molecule has 0 radical (unpaired) electrons. The van der Waals surface area contributed by atoms with Gasteiger partial charge in [-0.25, -0.2) is 4.98 Å². The number of aryl methyl sites for hydroxylation is 1. The number of rotatable bonds is 5. The van der Waals surface area contributed by atoms with Gasteiger partial charge in [0.15, 0.2) is 0 Å². The third-order valence-corrected chi connectivity index (χ3v) is 4.91. The van der Waals surface area contributed by atoms with Gasteiger partial charge in [0.25, 0.3) is 5.91 Å².